The molecular weight excluding hydrogens is 246 g/mol. The van der Waals surface area contributed by atoms with Gasteiger partial charge < -0.3 is 4.98 Å². The van der Waals surface area contributed by atoms with Gasteiger partial charge in [0.15, 0.2) is 0 Å². The maximum absolute atomic E-state index is 10.8. The summed E-state index contributed by atoms with van der Waals surface area (Å²) in [6.07, 6.45) is 5.60. The maximum atomic E-state index is 10.8. The summed E-state index contributed by atoms with van der Waals surface area (Å²) in [5.74, 6) is 0. The van der Waals surface area contributed by atoms with Crippen molar-refractivity contribution >= 4 is 5.69 Å². The fourth-order valence-corrected chi connectivity index (χ4v) is 2.32. The van der Waals surface area contributed by atoms with Crippen molar-refractivity contribution in [2.24, 2.45) is 0 Å². The van der Waals surface area contributed by atoms with Crippen molar-refractivity contribution < 1.29 is 4.92 Å². The molecule has 0 saturated carbocycles. The lowest BCUT2D eigenvalue weighted by Gasteiger charge is -2.27. The summed E-state index contributed by atoms with van der Waals surface area (Å²) in [5, 5.41) is 10.8. The lowest BCUT2D eigenvalue weighted by molar-refractivity contribution is -0.385. The Balaban J connectivity index is 1.78. The minimum Gasteiger partial charge on any atom is -0.347 e. The standard InChI is InChI=1S/C12H13N5O2/c18-17(19)11-3-9-6-16(2-1-12(9)14-5-11)7-10-4-13-8-15-10/h3-5,8H,1-2,6-7H2,(H,13,15). The Kier molecular flexibility index (Phi) is 2.96. The molecule has 3 rings (SSSR count). The quantitative estimate of drug-likeness (QED) is 0.662. The third kappa shape index (κ3) is 2.45. The van der Waals surface area contributed by atoms with E-state index in [0.717, 1.165) is 36.5 Å². The van der Waals surface area contributed by atoms with Crippen LogP contribution in [0.5, 0.6) is 0 Å². The van der Waals surface area contributed by atoms with E-state index >= 15 is 0 Å². The van der Waals surface area contributed by atoms with E-state index in [9.17, 15) is 10.1 Å². The smallest absolute Gasteiger partial charge is 0.287 e. The highest BCUT2D eigenvalue weighted by atomic mass is 16.6. The van der Waals surface area contributed by atoms with Crippen molar-refractivity contribution in [3.8, 4) is 0 Å². The second kappa shape index (κ2) is 4.77. The van der Waals surface area contributed by atoms with Gasteiger partial charge in [-0.3, -0.25) is 20.0 Å². The number of hydrogen-bond acceptors (Lipinski definition) is 5. The summed E-state index contributed by atoms with van der Waals surface area (Å²) in [6, 6.07) is 1.63. The van der Waals surface area contributed by atoms with Crippen LogP contribution in [0.1, 0.15) is 17.0 Å². The highest BCUT2D eigenvalue weighted by Gasteiger charge is 2.20. The SMILES string of the molecule is O=[N+]([O-])c1cnc2c(c1)CN(Cc1cnc[nH]1)CC2. The van der Waals surface area contributed by atoms with E-state index in [2.05, 4.69) is 19.9 Å². The number of aromatic nitrogens is 3. The number of rotatable bonds is 3. The molecule has 0 saturated heterocycles. The fourth-order valence-electron chi connectivity index (χ4n) is 2.32. The molecule has 0 amide bonds. The van der Waals surface area contributed by atoms with Crippen LogP contribution in [-0.2, 0) is 19.5 Å². The molecule has 0 spiro atoms. The van der Waals surface area contributed by atoms with Crippen LogP contribution >= 0.6 is 0 Å². The zero-order valence-corrected chi connectivity index (χ0v) is 10.2. The van der Waals surface area contributed by atoms with Gasteiger partial charge in [-0.1, -0.05) is 0 Å². The Morgan fingerprint density at radius 3 is 3.11 bits per heavy atom. The molecule has 7 nitrogen and oxygen atoms in total. The zero-order chi connectivity index (χ0) is 13.2. The number of hydrogen-bond donors (Lipinski definition) is 1. The second-order valence-electron chi connectivity index (χ2n) is 4.59. The number of pyridine rings is 1. The van der Waals surface area contributed by atoms with E-state index in [-0.39, 0.29) is 5.69 Å². The van der Waals surface area contributed by atoms with Gasteiger partial charge in [-0.05, 0) is 5.56 Å². The van der Waals surface area contributed by atoms with Crippen molar-refractivity contribution in [1.29, 1.82) is 0 Å². The molecule has 1 aliphatic rings. The normalized spacial score (nSPS) is 15.2. The molecule has 0 aromatic carbocycles. The van der Waals surface area contributed by atoms with Gasteiger partial charge in [0.25, 0.3) is 5.69 Å². The van der Waals surface area contributed by atoms with E-state index in [1.165, 1.54) is 6.20 Å². The Morgan fingerprint density at radius 2 is 2.37 bits per heavy atom. The molecule has 1 aliphatic heterocycles. The van der Waals surface area contributed by atoms with Crippen molar-refractivity contribution in [3.05, 3.63) is 51.9 Å². The largest absolute Gasteiger partial charge is 0.347 e. The lowest BCUT2D eigenvalue weighted by Crippen LogP contribution is -2.30. The van der Waals surface area contributed by atoms with Crippen LogP contribution in [0.4, 0.5) is 5.69 Å². The predicted octanol–water partition coefficient (Wildman–Crippen LogP) is 1.27. The first-order chi connectivity index (χ1) is 9.22. The fraction of sp³-hybridized carbons (Fsp3) is 0.333. The van der Waals surface area contributed by atoms with Gasteiger partial charge in [0.05, 0.1) is 11.3 Å². The molecule has 2 aromatic heterocycles. The molecule has 19 heavy (non-hydrogen) atoms. The number of nitrogens with zero attached hydrogens (tertiary/aromatic N) is 4. The maximum Gasteiger partial charge on any atom is 0.287 e. The van der Waals surface area contributed by atoms with Crippen LogP contribution in [0, 0.1) is 10.1 Å². The van der Waals surface area contributed by atoms with Crippen molar-refractivity contribution in [2.45, 2.75) is 19.5 Å². The van der Waals surface area contributed by atoms with Crippen molar-refractivity contribution in [1.82, 2.24) is 19.9 Å². The third-order valence-electron chi connectivity index (χ3n) is 3.26. The van der Waals surface area contributed by atoms with Crippen LogP contribution in [0.25, 0.3) is 0 Å². The highest BCUT2D eigenvalue weighted by Crippen LogP contribution is 2.22. The molecular formula is C12H13N5O2. The molecule has 0 fully saturated rings. The van der Waals surface area contributed by atoms with E-state index in [1.807, 2.05) is 0 Å². The van der Waals surface area contributed by atoms with Gasteiger partial charge in [0.2, 0.25) is 0 Å². The Labute approximate surface area is 109 Å². The third-order valence-corrected chi connectivity index (χ3v) is 3.26. The average molecular weight is 259 g/mol. The van der Waals surface area contributed by atoms with Crippen LogP contribution in [0.2, 0.25) is 0 Å². The minimum absolute atomic E-state index is 0.0575. The highest BCUT2D eigenvalue weighted by molar-refractivity contribution is 5.35. The summed E-state index contributed by atoms with van der Waals surface area (Å²) >= 11 is 0. The van der Waals surface area contributed by atoms with Crippen LogP contribution in [-0.4, -0.2) is 31.3 Å². The first-order valence-corrected chi connectivity index (χ1v) is 6.04. The number of imidazole rings is 1. The van der Waals surface area contributed by atoms with Crippen molar-refractivity contribution in [2.75, 3.05) is 6.54 Å². The summed E-state index contributed by atoms with van der Waals surface area (Å²) in [6.45, 7) is 2.35. The Bertz CT molecular complexity index is 596. The molecule has 1 N–H and O–H groups in total. The minimum atomic E-state index is -0.402. The zero-order valence-electron chi connectivity index (χ0n) is 10.2. The average Bonchev–Trinajstić information content (AvgIpc) is 2.90. The van der Waals surface area contributed by atoms with E-state index in [4.69, 9.17) is 0 Å². The van der Waals surface area contributed by atoms with Crippen LogP contribution < -0.4 is 0 Å². The number of H-pyrrole nitrogens is 1. The second-order valence-corrected chi connectivity index (χ2v) is 4.59. The summed E-state index contributed by atoms with van der Waals surface area (Å²) in [4.78, 5) is 23.8. The van der Waals surface area contributed by atoms with Crippen molar-refractivity contribution in [3.63, 3.8) is 0 Å². The topological polar surface area (TPSA) is 87.9 Å². The molecule has 0 unspecified atom stereocenters. The number of aromatic amines is 1. The Hall–Kier alpha value is -2.28. The number of nitro groups is 1. The molecule has 0 radical (unpaired) electrons. The number of fused-ring (bicyclic) bond motifs is 1. The molecule has 7 heteroatoms. The Morgan fingerprint density at radius 1 is 1.47 bits per heavy atom. The van der Waals surface area contributed by atoms with Gasteiger partial charge in [-0.15, -0.1) is 0 Å². The van der Waals surface area contributed by atoms with Gasteiger partial charge >= 0.3 is 0 Å². The molecule has 3 heterocycles. The van der Waals surface area contributed by atoms with Crippen LogP contribution in [0.3, 0.4) is 0 Å². The molecule has 0 aliphatic carbocycles. The van der Waals surface area contributed by atoms with Gasteiger partial charge in [-0.25, -0.2) is 4.98 Å². The van der Waals surface area contributed by atoms with Gasteiger partial charge in [-0.2, -0.15) is 0 Å². The van der Waals surface area contributed by atoms with E-state index in [1.54, 1.807) is 18.6 Å². The summed E-state index contributed by atoms with van der Waals surface area (Å²) in [5.41, 5.74) is 3.01. The predicted molar refractivity (Wildman–Crippen MR) is 67.3 cm³/mol. The first kappa shape index (κ1) is 11.8. The molecule has 98 valence electrons. The first-order valence-electron chi connectivity index (χ1n) is 6.04. The monoisotopic (exact) mass is 259 g/mol. The van der Waals surface area contributed by atoms with E-state index in [0.29, 0.717) is 6.54 Å². The molecule has 2 aromatic rings. The van der Waals surface area contributed by atoms with Gasteiger partial charge in [0, 0.05) is 49.7 Å². The number of nitrogens with one attached hydrogen (secondary N) is 1. The summed E-state index contributed by atoms with van der Waals surface area (Å²) < 4.78 is 0. The molecule has 0 bridgehead atoms. The van der Waals surface area contributed by atoms with Gasteiger partial charge in [0.1, 0.15) is 6.20 Å². The van der Waals surface area contributed by atoms with E-state index < -0.39 is 4.92 Å². The van der Waals surface area contributed by atoms with Crippen LogP contribution in [0.15, 0.2) is 24.8 Å². The summed E-state index contributed by atoms with van der Waals surface area (Å²) in [7, 11) is 0. The lowest BCUT2D eigenvalue weighted by atomic mass is 10.1. The molecule has 0 atom stereocenters.